The van der Waals surface area contributed by atoms with Crippen molar-refractivity contribution in [3.05, 3.63) is 29.8 Å². The lowest BCUT2D eigenvalue weighted by Gasteiger charge is -2.07. The fourth-order valence-electron chi connectivity index (χ4n) is 1.52. The van der Waals surface area contributed by atoms with Gasteiger partial charge in [0.2, 0.25) is 0 Å². The lowest BCUT2D eigenvalue weighted by molar-refractivity contribution is -0.143. The van der Waals surface area contributed by atoms with E-state index in [9.17, 15) is 14.4 Å². The van der Waals surface area contributed by atoms with E-state index >= 15 is 0 Å². The molecule has 0 unspecified atom stereocenters. The Bertz CT molecular complexity index is 478. The zero-order valence-electron chi connectivity index (χ0n) is 11.0. The molecule has 0 bridgehead atoms. The fourth-order valence-corrected chi connectivity index (χ4v) is 1.52. The van der Waals surface area contributed by atoms with Crippen molar-refractivity contribution in [1.29, 1.82) is 0 Å². The molecular formula is C14H16O5. The van der Waals surface area contributed by atoms with Crippen LogP contribution in [0.4, 0.5) is 0 Å². The zero-order chi connectivity index (χ0) is 14.3. The largest absolute Gasteiger partial charge is 0.466 e. The topological polar surface area (TPSA) is 69.7 Å². The van der Waals surface area contributed by atoms with Crippen LogP contribution < -0.4 is 4.74 Å². The van der Waals surface area contributed by atoms with Crippen LogP contribution in [0.25, 0.3) is 0 Å². The van der Waals surface area contributed by atoms with E-state index in [4.69, 9.17) is 9.47 Å². The highest BCUT2D eigenvalue weighted by Crippen LogP contribution is 2.20. The third kappa shape index (κ3) is 4.91. The molecule has 0 aliphatic carbocycles. The summed E-state index contributed by atoms with van der Waals surface area (Å²) in [5.74, 6) is -0.958. The molecule has 0 fully saturated rings. The van der Waals surface area contributed by atoms with Crippen LogP contribution in [0.3, 0.4) is 0 Å². The average molecular weight is 264 g/mol. The molecule has 0 aliphatic heterocycles. The number of para-hydroxylation sites is 1. The number of rotatable bonds is 6. The summed E-state index contributed by atoms with van der Waals surface area (Å²) in [6.45, 7) is 3.26. The third-order valence-electron chi connectivity index (χ3n) is 2.30. The van der Waals surface area contributed by atoms with Crippen molar-refractivity contribution in [2.75, 3.05) is 6.61 Å². The van der Waals surface area contributed by atoms with Crippen LogP contribution in [0.2, 0.25) is 0 Å². The number of esters is 2. The Balaban J connectivity index is 2.71. The monoisotopic (exact) mass is 264 g/mol. The molecule has 0 saturated heterocycles. The van der Waals surface area contributed by atoms with Gasteiger partial charge in [-0.15, -0.1) is 0 Å². The van der Waals surface area contributed by atoms with Crippen molar-refractivity contribution < 1.29 is 23.9 Å². The van der Waals surface area contributed by atoms with Gasteiger partial charge in [0.1, 0.15) is 5.75 Å². The minimum Gasteiger partial charge on any atom is -0.466 e. The smallest absolute Gasteiger partial charge is 0.308 e. The second-order valence-electron chi connectivity index (χ2n) is 3.82. The van der Waals surface area contributed by atoms with Gasteiger partial charge in [0.25, 0.3) is 0 Å². The average Bonchev–Trinajstić information content (AvgIpc) is 2.36. The molecule has 102 valence electrons. The molecule has 0 aromatic heterocycles. The van der Waals surface area contributed by atoms with E-state index in [0.717, 1.165) is 0 Å². The van der Waals surface area contributed by atoms with Gasteiger partial charge < -0.3 is 9.47 Å². The summed E-state index contributed by atoms with van der Waals surface area (Å²) in [6.07, 6.45) is 0.0399. The summed E-state index contributed by atoms with van der Waals surface area (Å²) in [5, 5.41) is 0. The van der Waals surface area contributed by atoms with Gasteiger partial charge in [-0.25, -0.2) is 0 Å². The first-order valence-corrected chi connectivity index (χ1v) is 6.00. The second kappa shape index (κ2) is 7.31. The Labute approximate surface area is 111 Å². The van der Waals surface area contributed by atoms with Crippen molar-refractivity contribution in [3.8, 4) is 5.75 Å². The molecule has 1 rings (SSSR count). The zero-order valence-corrected chi connectivity index (χ0v) is 11.0. The van der Waals surface area contributed by atoms with Crippen LogP contribution in [-0.2, 0) is 14.3 Å². The highest BCUT2D eigenvalue weighted by Gasteiger charge is 2.15. The maximum atomic E-state index is 12.0. The minimum absolute atomic E-state index is 0.0150. The molecule has 0 saturated carbocycles. The van der Waals surface area contributed by atoms with Gasteiger partial charge in [0.05, 0.1) is 18.6 Å². The van der Waals surface area contributed by atoms with Crippen LogP contribution in [0.5, 0.6) is 5.75 Å². The molecule has 1 aromatic carbocycles. The molecule has 1 aromatic rings. The van der Waals surface area contributed by atoms with Crippen LogP contribution in [0.1, 0.15) is 37.0 Å². The number of ether oxygens (including phenoxy) is 2. The first-order valence-electron chi connectivity index (χ1n) is 6.00. The van der Waals surface area contributed by atoms with E-state index in [1.807, 2.05) is 0 Å². The number of benzene rings is 1. The summed E-state index contributed by atoms with van der Waals surface area (Å²) in [7, 11) is 0. The standard InChI is InChI=1S/C14H16O5/c1-3-18-14(17)9-8-12(16)11-6-4-5-7-13(11)19-10(2)15/h4-7H,3,8-9H2,1-2H3. The number of hydrogen-bond acceptors (Lipinski definition) is 5. The maximum absolute atomic E-state index is 12.0. The molecule has 0 aliphatic rings. The predicted molar refractivity (Wildman–Crippen MR) is 67.9 cm³/mol. The number of ketones is 1. The summed E-state index contributed by atoms with van der Waals surface area (Å²) in [6, 6.07) is 6.44. The molecule has 0 radical (unpaired) electrons. The van der Waals surface area contributed by atoms with Crippen LogP contribution >= 0.6 is 0 Å². The Morgan fingerprint density at radius 1 is 1.11 bits per heavy atom. The summed E-state index contributed by atoms with van der Waals surface area (Å²) >= 11 is 0. The van der Waals surface area contributed by atoms with Gasteiger partial charge in [-0.2, -0.15) is 0 Å². The molecule has 5 heteroatoms. The number of hydrogen-bond donors (Lipinski definition) is 0. The maximum Gasteiger partial charge on any atom is 0.308 e. The van der Waals surface area contributed by atoms with Gasteiger partial charge in [0.15, 0.2) is 5.78 Å². The van der Waals surface area contributed by atoms with Crippen LogP contribution in [0, 0.1) is 0 Å². The van der Waals surface area contributed by atoms with Crippen molar-refractivity contribution in [2.45, 2.75) is 26.7 Å². The van der Waals surface area contributed by atoms with Crippen LogP contribution in [-0.4, -0.2) is 24.3 Å². The van der Waals surface area contributed by atoms with E-state index in [-0.39, 0.29) is 31.0 Å². The van der Waals surface area contributed by atoms with Gasteiger partial charge >= 0.3 is 11.9 Å². The molecule has 19 heavy (non-hydrogen) atoms. The van der Waals surface area contributed by atoms with Gasteiger partial charge in [-0.05, 0) is 19.1 Å². The van der Waals surface area contributed by atoms with Crippen molar-refractivity contribution in [1.82, 2.24) is 0 Å². The van der Waals surface area contributed by atoms with Crippen molar-refractivity contribution in [2.24, 2.45) is 0 Å². The first-order chi connectivity index (χ1) is 9.04. The lowest BCUT2D eigenvalue weighted by Crippen LogP contribution is -2.10. The van der Waals surface area contributed by atoms with E-state index in [1.54, 1.807) is 31.2 Å². The van der Waals surface area contributed by atoms with Gasteiger partial charge in [0, 0.05) is 13.3 Å². The van der Waals surface area contributed by atoms with Gasteiger partial charge in [-0.1, -0.05) is 12.1 Å². The number of carbonyl (C=O) groups is 3. The summed E-state index contributed by atoms with van der Waals surface area (Å²) < 4.78 is 9.69. The number of carbonyl (C=O) groups excluding carboxylic acids is 3. The summed E-state index contributed by atoms with van der Waals surface area (Å²) in [5.41, 5.74) is 0.294. The summed E-state index contributed by atoms with van der Waals surface area (Å²) in [4.78, 5) is 34.1. The van der Waals surface area contributed by atoms with Crippen molar-refractivity contribution in [3.63, 3.8) is 0 Å². The van der Waals surface area contributed by atoms with Crippen LogP contribution in [0.15, 0.2) is 24.3 Å². The molecule has 0 spiro atoms. The molecule has 0 atom stereocenters. The van der Waals surface area contributed by atoms with E-state index < -0.39 is 11.9 Å². The molecule has 0 N–H and O–H groups in total. The normalized spacial score (nSPS) is 9.79. The molecule has 5 nitrogen and oxygen atoms in total. The highest BCUT2D eigenvalue weighted by molar-refractivity contribution is 6.00. The van der Waals surface area contributed by atoms with E-state index in [0.29, 0.717) is 5.56 Å². The Kier molecular flexibility index (Phi) is 5.73. The molecular weight excluding hydrogens is 248 g/mol. The molecule has 0 amide bonds. The fraction of sp³-hybridized carbons (Fsp3) is 0.357. The Morgan fingerprint density at radius 2 is 1.79 bits per heavy atom. The predicted octanol–water partition coefficient (Wildman–Crippen LogP) is 2.14. The van der Waals surface area contributed by atoms with Gasteiger partial charge in [-0.3, -0.25) is 14.4 Å². The lowest BCUT2D eigenvalue weighted by atomic mass is 10.1. The third-order valence-corrected chi connectivity index (χ3v) is 2.30. The minimum atomic E-state index is -0.495. The highest BCUT2D eigenvalue weighted by atomic mass is 16.5. The SMILES string of the molecule is CCOC(=O)CCC(=O)c1ccccc1OC(C)=O. The van der Waals surface area contributed by atoms with Crippen molar-refractivity contribution >= 4 is 17.7 Å². The Hall–Kier alpha value is -2.17. The first kappa shape index (κ1) is 14.9. The van der Waals surface area contributed by atoms with E-state index in [1.165, 1.54) is 6.92 Å². The second-order valence-corrected chi connectivity index (χ2v) is 3.82. The molecule has 0 heterocycles. The Morgan fingerprint density at radius 3 is 2.42 bits per heavy atom. The number of Topliss-reactive ketones (excluding diaryl/α,β-unsaturated/α-hetero) is 1. The van der Waals surface area contributed by atoms with E-state index in [2.05, 4.69) is 0 Å². The quantitative estimate of drug-likeness (QED) is 0.447.